The standard InChI is InChI=1S/C20H23NO3S2.C2H6/c1-14-18(21-20(26-14)15-6-3-2-4-7-15)12-17-10-9-16(24-17)8-5-11-25-13-19(22)23;1-2/h9-10,15H,2-4,6-7,11-13H2,1H3,(H,22,23);1-2H3. The van der Waals surface area contributed by atoms with Gasteiger partial charge in [-0.05, 0) is 37.8 Å². The molecule has 28 heavy (non-hydrogen) atoms. The van der Waals surface area contributed by atoms with Crippen LogP contribution in [0.3, 0.4) is 0 Å². The monoisotopic (exact) mass is 419 g/mol. The molecule has 0 bridgehead atoms. The van der Waals surface area contributed by atoms with Crippen LogP contribution in [0.2, 0.25) is 0 Å². The summed E-state index contributed by atoms with van der Waals surface area (Å²) in [6.07, 6.45) is 7.25. The van der Waals surface area contributed by atoms with Gasteiger partial charge in [-0.2, -0.15) is 0 Å². The van der Waals surface area contributed by atoms with Gasteiger partial charge < -0.3 is 9.52 Å². The van der Waals surface area contributed by atoms with Gasteiger partial charge in [-0.3, -0.25) is 4.79 Å². The van der Waals surface area contributed by atoms with E-state index >= 15 is 0 Å². The van der Waals surface area contributed by atoms with Crippen molar-refractivity contribution in [3.05, 3.63) is 39.2 Å². The van der Waals surface area contributed by atoms with Gasteiger partial charge in [0.2, 0.25) is 0 Å². The highest BCUT2D eigenvalue weighted by atomic mass is 32.2. The molecule has 6 heteroatoms. The molecule has 0 aliphatic heterocycles. The van der Waals surface area contributed by atoms with Gasteiger partial charge in [0.05, 0.1) is 22.2 Å². The van der Waals surface area contributed by atoms with Crippen LogP contribution in [0.15, 0.2) is 16.5 Å². The summed E-state index contributed by atoms with van der Waals surface area (Å²) in [4.78, 5) is 16.6. The molecular formula is C22H29NO3S2. The van der Waals surface area contributed by atoms with E-state index in [0.717, 1.165) is 11.5 Å². The molecule has 4 nitrogen and oxygen atoms in total. The second-order valence-electron chi connectivity index (χ2n) is 6.52. The summed E-state index contributed by atoms with van der Waals surface area (Å²) in [7, 11) is 0. The third-order valence-corrected chi connectivity index (χ3v) is 6.45. The van der Waals surface area contributed by atoms with Gasteiger partial charge in [0.1, 0.15) is 5.76 Å². The summed E-state index contributed by atoms with van der Waals surface area (Å²) in [5.41, 5.74) is 1.11. The maximum Gasteiger partial charge on any atom is 0.313 e. The molecule has 3 rings (SSSR count). The molecule has 1 fully saturated rings. The number of carboxylic acid groups (broad SMARTS) is 1. The van der Waals surface area contributed by atoms with E-state index in [4.69, 9.17) is 14.5 Å². The molecule has 0 unspecified atom stereocenters. The fourth-order valence-electron chi connectivity index (χ4n) is 3.16. The SMILES string of the molecule is CC.Cc1sc(C2CCCCC2)nc1Cc1ccc(C#CCSCC(=O)O)o1. The Morgan fingerprint density at radius 3 is 2.79 bits per heavy atom. The third-order valence-electron chi connectivity index (χ3n) is 4.48. The molecule has 0 atom stereocenters. The fraction of sp³-hybridized carbons (Fsp3) is 0.545. The van der Waals surface area contributed by atoms with E-state index in [1.165, 1.54) is 53.8 Å². The Balaban J connectivity index is 0.00000136. The van der Waals surface area contributed by atoms with Crippen LogP contribution >= 0.6 is 23.1 Å². The van der Waals surface area contributed by atoms with Gasteiger partial charge in [-0.15, -0.1) is 23.1 Å². The number of aromatic nitrogens is 1. The zero-order chi connectivity index (χ0) is 20.4. The first-order valence-corrected chi connectivity index (χ1v) is 11.9. The Morgan fingerprint density at radius 1 is 1.32 bits per heavy atom. The predicted octanol–water partition coefficient (Wildman–Crippen LogP) is 5.88. The number of rotatable bonds is 6. The Morgan fingerprint density at radius 2 is 2.07 bits per heavy atom. The predicted molar refractivity (Wildman–Crippen MR) is 117 cm³/mol. The maximum absolute atomic E-state index is 10.4. The number of aliphatic carboxylic acids is 1. The molecule has 0 saturated heterocycles. The molecule has 2 aromatic heterocycles. The second kappa shape index (κ2) is 12.0. The summed E-state index contributed by atoms with van der Waals surface area (Å²) < 4.78 is 5.79. The van der Waals surface area contributed by atoms with Gasteiger partial charge in [-0.1, -0.05) is 39.0 Å². The summed E-state index contributed by atoms with van der Waals surface area (Å²) in [5, 5.41) is 9.88. The summed E-state index contributed by atoms with van der Waals surface area (Å²) >= 11 is 3.12. The zero-order valence-corrected chi connectivity index (χ0v) is 18.5. The number of hydrogen-bond acceptors (Lipinski definition) is 5. The number of thiazole rings is 1. The largest absolute Gasteiger partial charge is 0.481 e. The number of carbonyl (C=O) groups is 1. The van der Waals surface area contributed by atoms with Crippen LogP contribution in [0, 0.1) is 18.8 Å². The van der Waals surface area contributed by atoms with E-state index < -0.39 is 5.97 Å². The fourth-order valence-corrected chi connectivity index (χ4v) is 4.71. The van der Waals surface area contributed by atoms with Gasteiger partial charge in [-0.25, -0.2) is 4.98 Å². The van der Waals surface area contributed by atoms with E-state index in [2.05, 4.69) is 18.8 Å². The van der Waals surface area contributed by atoms with Crippen molar-refractivity contribution in [3.8, 4) is 11.8 Å². The molecule has 1 aliphatic carbocycles. The number of hydrogen-bond donors (Lipinski definition) is 1. The average molecular weight is 420 g/mol. The molecule has 0 radical (unpaired) electrons. The van der Waals surface area contributed by atoms with Gasteiger partial charge in [0.25, 0.3) is 0 Å². The Hall–Kier alpha value is -1.71. The Bertz CT molecular complexity index is 807. The van der Waals surface area contributed by atoms with Gasteiger partial charge >= 0.3 is 5.97 Å². The lowest BCUT2D eigenvalue weighted by Gasteiger charge is -2.18. The highest BCUT2D eigenvalue weighted by molar-refractivity contribution is 8.00. The van der Waals surface area contributed by atoms with Crippen molar-refractivity contribution in [1.29, 1.82) is 0 Å². The first-order valence-electron chi connectivity index (χ1n) is 9.95. The number of carboxylic acids is 1. The first-order chi connectivity index (χ1) is 13.6. The summed E-state index contributed by atoms with van der Waals surface area (Å²) in [5.74, 6) is 7.76. The number of furan rings is 1. The third kappa shape index (κ3) is 7.03. The van der Waals surface area contributed by atoms with Crippen molar-refractivity contribution in [2.24, 2.45) is 0 Å². The lowest BCUT2D eigenvalue weighted by atomic mass is 9.90. The van der Waals surface area contributed by atoms with E-state index in [0.29, 0.717) is 23.9 Å². The molecule has 0 spiro atoms. The van der Waals surface area contributed by atoms with Crippen molar-refractivity contribution in [1.82, 2.24) is 4.98 Å². The highest BCUT2D eigenvalue weighted by Crippen LogP contribution is 2.36. The van der Waals surface area contributed by atoms with Crippen molar-refractivity contribution >= 4 is 29.1 Å². The lowest BCUT2D eigenvalue weighted by molar-refractivity contribution is -0.133. The van der Waals surface area contributed by atoms with Crippen LogP contribution in [0.1, 0.15) is 79.0 Å². The van der Waals surface area contributed by atoms with E-state index in [1.54, 1.807) is 0 Å². The molecule has 1 saturated carbocycles. The molecule has 2 heterocycles. The van der Waals surface area contributed by atoms with Crippen molar-refractivity contribution < 1.29 is 14.3 Å². The van der Waals surface area contributed by atoms with Gasteiger partial charge in [0.15, 0.2) is 5.76 Å². The minimum Gasteiger partial charge on any atom is -0.481 e. The summed E-state index contributed by atoms with van der Waals surface area (Å²) in [6.45, 7) is 6.14. The van der Waals surface area contributed by atoms with Crippen LogP contribution in [-0.4, -0.2) is 27.6 Å². The zero-order valence-electron chi connectivity index (χ0n) is 16.9. The minimum absolute atomic E-state index is 0.0739. The molecule has 152 valence electrons. The quantitative estimate of drug-likeness (QED) is 0.468. The topological polar surface area (TPSA) is 63.3 Å². The lowest BCUT2D eigenvalue weighted by Crippen LogP contribution is -2.04. The van der Waals surface area contributed by atoms with Gasteiger partial charge in [0, 0.05) is 17.2 Å². The molecule has 1 N–H and O–H groups in total. The van der Waals surface area contributed by atoms with Crippen LogP contribution < -0.4 is 0 Å². The molecule has 0 aromatic carbocycles. The smallest absolute Gasteiger partial charge is 0.313 e. The Labute approximate surface area is 176 Å². The average Bonchev–Trinajstić information content (AvgIpc) is 3.30. The second-order valence-corrected chi connectivity index (χ2v) is 8.74. The van der Waals surface area contributed by atoms with Crippen molar-refractivity contribution in [3.63, 3.8) is 0 Å². The van der Waals surface area contributed by atoms with Crippen LogP contribution in [0.5, 0.6) is 0 Å². The van der Waals surface area contributed by atoms with Crippen LogP contribution in [0.25, 0.3) is 0 Å². The highest BCUT2D eigenvalue weighted by Gasteiger charge is 2.20. The Kier molecular flexibility index (Phi) is 9.66. The molecule has 0 amide bonds. The van der Waals surface area contributed by atoms with E-state index in [9.17, 15) is 4.79 Å². The number of thioether (sulfide) groups is 1. The van der Waals surface area contributed by atoms with Crippen molar-refractivity contribution in [2.75, 3.05) is 11.5 Å². The van der Waals surface area contributed by atoms with Crippen LogP contribution in [-0.2, 0) is 11.2 Å². The van der Waals surface area contributed by atoms with E-state index in [1.807, 2.05) is 37.3 Å². The van der Waals surface area contributed by atoms with Crippen molar-refractivity contribution in [2.45, 2.75) is 65.2 Å². The number of nitrogens with zero attached hydrogens (tertiary/aromatic N) is 1. The minimum atomic E-state index is -0.816. The van der Waals surface area contributed by atoms with E-state index in [-0.39, 0.29) is 5.75 Å². The molecule has 2 aromatic rings. The molecule has 1 aliphatic rings. The normalized spacial score (nSPS) is 14.0. The molecular weight excluding hydrogens is 390 g/mol. The van der Waals surface area contributed by atoms with Crippen LogP contribution in [0.4, 0.5) is 0 Å². The first kappa shape index (κ1) is 22.6. The maximum atomic E-state index is 10.4. The number of aryl methyl sites for hydroxylation is 1. The summed E-state index contributed by atoms with van der Waals surface area (Å²) in [6, 6.07) is 3.82.